The molecule has 0 aliphatic heterocycles. The maximum absolute atomic E-state index is 12.0. The second kappa shape index (κ2) is 6.99. The minimum atomic E-state index is -0.276. The lowest BCUT2D eigenvalue weighted by Gasteiger charge is -2.15. The highest BCUT2D eigenvalue weighted by molar-refractivity contribution is 7.71. The number of aromatic amines is 1. The highest BCUT2D eigenvalue weighted by Gasteiger charge is 2.25. The number of amides is 1. The van der Waals surface area contributed by atoms with Crippen molar-refractivity contribution in [2.75, 3.05) is 6.54 Å². The van der Waals surface area contributed by atoms with Crippen LogP contribution in [0.3, 0.4) is 0 Å². The summed E-state index contributed by atoms with van der Waals surface area (Å²) < 4.78 is 2.21. The molecule has 1 aliphatic carbocycles. The van der Waals surface area contributed by atoms with Gasteiger partial charge in [-0.25, -0.2) is 0 Å². The van der Waals surface area contributed by atoms with E-state index in [-0.39, 0.29) is 24.5 Å². The normalized spacial score (nSPS) is 22.1. The molecule has 1 aromatic heterocycles. The van der Waals surface area contributed by atoms with Gasteiger partial charge in [-0.1, -0.05) is 13.3 Å². The Morgan fingerprint density at radius 2 is 2.40 bits per heavy atom. The van der Waals surface area contributed by atoms with Crippen molar-refractivity contribution >= 4 is 18.1 Å². The first-order valence-corrected chi connectivity index (χ1v) is 7.61. The van der Waals surface area contributed by atoms with Crippen molar-refractivity contribution in [3.63, 3.8) is 0 Å². The second-order valence-electron chi connectivity index (χ2n) is 5.34. The second-order valence-corrected chi connectivity index (χ2v) is 5.73. The Hall–Kier alpha value is -1.21. The summed E-state index contributed by atoms with van der Waals surface area (Å²) in [5.41, 5.74) is 0. The largest absolute Gasteiger partial charge is 0.393 e. The first-order chi connectivity index (χ1) is 9.61. The molecule has 0 aromatic carbocycles. The smallest absolute Gasteiger partial charge is 0.240 e. The molecule has 0 saturated heterocycles. The van der Waals surface area contributed by atoms with Crippen molar-refractivity contribution in [1.82, 2.24) is 20.1 Å². The Morgan fingerprint density at radius 1 is 1.60 bits per heavy atom. The topological polar surface area (TPSA) is 82.9 Å². The lowest BCUT2D eigenvalue weighted by atomic mass is 10.1. The quantitative estimate of drug-likeness (QED) is 0.689. The van der Waals surface area contributed by atoms with Crippen molar-refractivity contribution in [2.45, 2.75) is 51.7 Å². The molecule has 2 atom stereocenters. The number of nitrogens with zero attached hydrogens (tertiary/aromatic N) is 2. The van der Waals surface area contributed by atoms with Crippen LogP contribution in [-0.2, 0) is 17.8 Å². The molecule has 0 radical (unpaired) electrons. The van der Waals surface area contributed by atoms with Crippen LogP contribution >= 0.6 is 12.2 Å². The van der Waals surface area contributed by atoms with Gasteiger partial charge in [-0.15, -0.1) is 0 Å². The van der Waals surface area contributed by atoms with Crippen LogP contribution in [0.1, 0.15) is 38.4 Å². The minimum Gasteiger partial charge on any atom is -0.393 e. The number of aromatic nitrogens is 3. The van der Waals surface area contributed by atoms with Crippen LogP contribution in [-0.4, -0.2) is 38.4 Å². The third-order valence-corrected chi connectivity index (χ3v) is 4.10. The number of H-pyrrole nitrogens is 1. The summed E-state index contributed by atoms with van der Waals surface area (Å²) >= 11 is 5.14. The lowest BCUT2D eigenvalue weighted by molar-refractivity contribution is -0.122. The van der Waals surface area contributed by atoms with Gasteiger partial charge in [0.15, 0.2) is 4.77 Å². The molecule has 7 heteroatoms. The van der Waals surface area contributed by atoms with Gasteiger partial charge in [-0.3, -0.25) is 14.5 Å². The van der Waals surface area contributed by atoms with Gasteiger partial charge in [0.2, 0.25) is 5.91 Å². The molecular weight excluding hydrogens is 276 g/mol. The maximum Gasteiger partial charge on any atom is 0.240 e. The third kappa shape index (κ3) is 3.67. The number of hydrogen-bond donors (Lipinski definition) is 3. The fourth-order valence-corrected chi connectivity index (χ4v) is 2.84. The fraction of sp³-hybridized carbons (Fsp3) is 0.769. The van der Waals surface area contributed by atoms with Crippen LogP contribution in [0.2, 0.25) is 0 Å². The van der Waals surface area contributed by atoms with Crippen LogP contribution in [0.5, 0.6) is 0 Å². The Labute approximate surface area is 123 Å². The number of hydrogen-bond acceptors (Lipinski definition) is 4. The number of carbonyl (C=O) groups is 1. The van der Waals surface area contributed by atoms with Crippen molar-refractivity contribution in [1.29, 1.82) is 0 Å². The molecule has 6 nitrogen and oxygen atoms in total. The summed E-state index contributed by atoms with van der Waals surface area (Å²) in [6.45, 7) is 2.78. The SMILES string of the molecule is CCCc1n[nH]c(=S)n1CC(=O)NC[C@@H]1CCC[C@@H]1O. The number of aliphatic hydroxyl groups is 1. The Bertz CT molecular complexity index is 511. The molecule has 2 rings (SSSR count). The summed E-state index contributed by atoms with van der Waals surface area (Å²) in [5.74, 6) is 0.916. The third-order valence-electron chi connectivity index (χ3n) is 3.79. The summed E-state index contributed by atoms with van der Waals surface area (Å²) in [5, 5.41) is 19.5. The van der Waals surface area contributed by atoms with E-state index in [1.54, 1.807) is 4.57 Å². The van der Waals surface area contributed by atoms with Crippen LogP contribution in [0.15, 0.2) is 0 Å². The first kappa shape index (κ1) is 15.2. The van der Waals surface area contributed by atoms with Crippen molar-refractivity contribution in [2.24, 2.45) is 5.92 Å². The van der Waals surface area contributed by atoms with Gasteiger partial charge in [0.25, 0.3) is 0 Å². The van der Waals surface area contributed by atoms with Crippen molar-refractivity contribution in [3.05, 3.63) is 10.6 Å². The van der Waals surface area contributed by atoms with Gasteiger partial charge in [-0.05, 0) is 31.5 Å². The van der Waals surface area contributed by atoms with E-state index in [2.05, 4.69) is 22.4 Å². The summed E-state index contributed by atoms with van der Waals surface area (Å²) in [6.07, 6.45) is 4.33. The Kier molecular flexibility index (Phi) is 5.31. The Balaban J connectivity index is 1.88. The summed E-state index contributed by atoms with van der Waals surface area (Å²) in [6, 6.07) is 0. The maximum atomic E-state index is 12.0. The average Bonchev–Trinajstić information content (AvgIpc) is 2.97. The number of aliphatic hydroxyl groups excluding tert-OH is 1. The van der Waals surface area contributed by atoms with Gasteiger partial charge >= 0.3 is 0 Å². The summed E-state index contributed by atoms with van der Waals surface area (Å²) in [4.78, 5) is 12.0. The van der Waals surface area contributed by atoms with Crippen LogP contribution in [0.25, 0.3) is 0 Å². The molecule has 1 heterocycles. The number of nitrogens with one attached hydrogen (secondary N) is 2. The van der Waals surface area contributed by atoms with Gasteiger partial charge in [0.1, 0.15) is 12.4 Å². The monoisotopic (exact) mass is 298 g/mol. The van der Waals surface area contributed by atoms with Crippen LogP contribution < -0.4 is 5.32 Å². The highest BCUT2D eigenvalue weighted by Crippen LogP contribution is 2.24. The number of rotatable bonds is 6. The van der Waals surface area contributed by atoms with Crippen molar-refractivity contribution < 1.29 is 9.90 Å². The molecule has 1 aliphatic rings. The fourth-order valence-electron chi connectivity index (χ4n) is 2.63. The van der Waals surface area contributed by atoms with Crippen LogP contribution in [0, 0.1) is 10.7 Å². The van der Waals surface area contributed by atoms with Crippen molar-refractivity contribution in [3.8, 4) is 0 Å². The van der Waals surface area contributed by atoms with E-state index in [1.807, 2.05) is 0 Å². The number of carbonyl (C=O) groups excluding carboxylic acids is 1. The summed E-state index contributed by atoms with van der Waals surface area (Å²) in [7, 11) is 0. The predicted octanol–water partition coefficient (Wildman–Crippen LogP) is 1.17. The zero-order chi connectivity index (χ0) is 14.5. The van der Waals surface area contributed by atoms with Crippen LogP contribution in [0.4, 0.5) is 0 Å². The molecule has 1 saturated carbocycles. The molecule has 112 valence electrons. The van der Waals surface area contributed by atoms with E-state index in [0.29, 0.717) is 11.3 Å². The van der Waals surface area contributed by atoms with E-state index in [1.165, 1.54) is 0 Å². The average molecular weight is 298 g/mol. The standard InChI is InChI=1S/C13H22N4O2S/c1-2-4-11-15-16-13(20)17(11)8-12(19)14-7-9-5-3-6-10(9)18/h9-10,18H,2-8H2,1H3,(H,14,19)(H,16,20)/t9-,10-/m0/s1. The van der Waals surface area contributed by atoms with E-state index < -0.39 is 0 Å². The van der Waals surface area contributed by atoms with E-state index in [4.69, 9.17) is 12.2 Å². The lowest BCUT2D eigenvalue weighted by Crippen LogP contribution is -2.34. The van der Waals surface area contributed by atoms with E-state index in [9.17, 15) is 9.90 Å². The molecule has 0 unspecified atom stereocenters. The van der Waals surface area contributed by atoms with Gasteiger partial charge in [0, 0.05) is 18.9 Å². The van der Waals surface area contributed by atoms with Gasteiger partial charge in [0.05, 0.1) is 6.10 Å². The van der Waals surface area contributed by atoms with Gasteiger partial charge in [-0.2, -0.15) is 5.10 Å². The highest BCUT2D eigenvalue weighted by atomic mass is 32.1. The Morgan fingerprint density at radius 3 is 3.05 bits per heavy atom. The van der Waals surface area contributed by atoms with E-state index in [0.717, 1.165) is 37.9 Å². The zero-order valence-electron chi connectivity index (χ0n) is 11.8. The molecule has 1 amide bonds. The molecule has 20 heavy (non-hydrogen) atoms. The molecule has 0 spiro atoms. The molecule has 1 fully saturated rings. The molecular formula is C13H22N4O2S. The first-order valence-electron chi connectivity index (χ1n) is 7.20. The minimum absolute atomic E-state index is 0.0843. The molecule has 3 N–H and O–H groups in total. The molecule has 1 aromatic rings. The molecule has 0 bridgehead atoms. The number of aryl methyl sites for hydroxylation is 1. The predicted molar refractivity (Wildman–Crippen MR) is 77.8 cm³/mol. The zero-order valence-corrected chi connectivity index (χ0v) is 12.6. The van der Waals surface area contributed by atoms with Gasteiger partial charge < -0.3 is 10.4 Å². The van der Waals surface area contributed by atoms with E-state index >= 15 is 0 Å².